The summed E-state index contributed by atoms with van der Waals surface area (Å²) in [6.45, 7) is 0. The predicted molar refractivity (Wildman–Crippen MR) is 51.5 cm³/mol. The van der Waals surface area contributed by atoms with Crippen LogP contribution in [0.15, 0.2) is 29.1 Å². The SMILES string of the molecule is O=C(O)c1cc2cccc(F)c2[nH]c1=O. The lowest BCUT2D eigenvalue weighted by atomic mass is 10.1. The topological polar surface area (TPSA) is 70.2 Å². The third-order valence-corrected chi connectivity index (χ3v) is 2.06. The van der Waals surface area contributed by atoms with Crippen LogP contribution < -0.4 is 5.56 Å². The number of carbonyl (C=O) groups is 1. The van der Waals surface area contributed by atoms with Crippen LogP contribution >= 0.6 is 0 Å². The van der Waals surface area contributed by atoms with Crippen LogP contribution in [0.25, 0.3) is 10.9 Å². The summed E-state index contributed by atoms with van der Waals surface area (Å²) in [6, 6.07) is 5.32. The highest BCUT2D eigenvalue weighted by Crippen LogP contribution is 2.14. The smallest absolute Gasteiger partial charge is 0.341 e. The van der Waals surface area contributed by atoms with E-state index in [1.165, 1.54) is 18.2 Å². The van der Waals surface area contributed by atoms with E-state index in [1.807, 2.05) is 0 Å². The van der Waals surface area contributed by atoms with Crippen molar-refractivity contribution in [2.75, 3.05) is 0 Å². The zero-order valence-electron chi connectivity index (χ0n) is 7.45. The molecule has 15 heavy (non-hydrogen) atoms. The minimum absolute atomic E-state index is 0.0208. The van der Waals surface area contributed by atoms with Crippen LogP contribution in [0.1, 0.15) is 10.4 Å². The molecule has 1 aromatic carbocycles. The molecule has 5 heteroatoms. The Kier molecular flexibility index (Phi) is 2.00. The highest BCUT2D eigenvalue weighted by molar-refractivity contribution is 5.92. The summed E-state index contributed by atoms with van der Waals surface area (Å²) in [7, 11) is 0. The maximum Gasteiger partial charge on any atom is 0.341 e. The quantitative estimate of drug-likeness (QED) is 0.741. The number of H-pyrrole nitrogens is 1. The van der Waals surface area contributed by atoms with Crippen LogP contribution in [0.3, 0.4) is 0 Å². The van der Waals surface area contributed by atoms with Crippen molar-refractivity contribution in [2.24, 2.45) is 0 Å². The number of rotatable bonds is 1. The van der Waals surface area contributed by atoms with Crippen LogP contribution in [-0.2, 0) is 0 Å². The fraction of sp³-hybridized carbons (Fsp3) is 0. The molecule has 2 N–H and O–H groups in total. The van der Waals surface area contributed by atoms with Crippen molar-refractivity contribution in [3.05, 3.63) is 46.0 Å². The molecular formula is C10H6FNO3. The highest BCUT2D eigenvalue weighted by atomic mass is 19.1. The number of nitrogens with one attached hydrogen (secondary N) is 1. The van der Waals surface area contributed by atoms with Gasteiger partial charge in [-0.1, -0.05) is 12.1 Å². The Balaban J connectivity index is 2.88. The highest BCUT2D eigenvalue weighted by Gasteiger charge is 2.11. The minimum atomic E-state index is -1.33. The molecule has 0 aliphatic carbocycles. The van der Waals surface area contributed by atoms with Gasteiger partial charge in [-0.05, 0) is 12.1 Å². The predicted octanol–water partition coefficient (Wildman–Crippen LogP) is 1.37. The Morgan fingerprint density at radius 3 is 2.80 bits per heavy atom. The third-order valence-electron chi connectivity index (χ3n) is 2.06. The van der Waals surface area contributed by atoms with E-state index in [2.05, 4.69) is 4.98 Å². The van der Waals surface area contributed by atoms with E-state index in [0.29, 0.717) is 5.39 Å². The first-order valence-corrected chi connectivity index (χ1v) is 4.14. The minimum Gasteiger partial charge on any atom is -0.477 e. The molecule has 0 bridgehead atoms. The lowest BCUT2D eigenvalue weighted by Crippen LogP contribution is -2.17. The van der Waals surface area contributed by atoms with Crippen molar-refractivity contribution >= 4 is 16.9 Å². The van der Waals surface area contributed by atoms with Crippen molar-refractivity contribution in [3.63, 3.8) is 0 Å². The summed E-state index contributed by atoms with van der Waals surface area (Å²) >= 11 is 0. The van der Waals surface area contributed by atoms with Gasteiger partial charge in [-0.25, -0.2) is 9.18 Å². The fourth-order valence-electron chi connectivity index (χ4n) is 1.35. The second-order valence-electron chi connectivity index (χ2n) is 3.02. The first-order valence-electron chi connectivity index (χ1n) is 4.14. The summed E-state index contributed by atoms with van der Waals surface area (Å²) in [5, 5.41) is 9.03. The molecule has 4 nitrogen and oxygen atoms in total. The standard InChI is InChI=1S/C10H6FNO3/c11-7-3-1-2-5-4-6(10(14)15)9(13)12-8(5)7/h1-4H,(H,12,13)(H,14,15). The number of para-hydroxylation sites is 1. The molecule has 0 saturated heterocycles. The van der Waals surface area contributed by atoms with Crippen LogP contribution in [0.4, 0.5) is 4.39 Å². The monoisotopic (exact) mass is 207 g/mol. The van der Waals surface area contributed by atoms with E-state index in [4.69, 9.17) is 5.11 Å². The molecule has 0 aliphatic rings. The lowest BCUT2D eigenvalue weighted by molar-refractivity contribution is 0.0695. The second-order valence-corrected chi connectivity index (χ2v) is 3.02. The number of aromatic amines is 1. The Hall–Kier alpha value is -2.17. The number of benzene rings is 1. The number of carboxylic acid groups (broad SMARTS) is 1. The van der Waals surface area contributed by atoms with Crippen LogP contribution in [-0.4, -0.2) is 16.1 Å². The number of hydrogen-bond acceptors (Lipinski definition) is 2. The number of carboxylic acids is 1. The molecular weight excluding hydrogens is 201 g/mol. The summed E-state index contributed by atoms with van der Waals surface area (Å²) < 4.78 is 13.2. The normalized spacial score (nSPS) is 10.5. The van der Waals surface area contributed by atoms with Gasteiger partial charge in [-0.2, -0.15) is 0 Å². The summed E-state index contributed by atoms with van der Waals surface area (Å²) in [5.41, 5.74) is -1.18. The number of halogens is 1. The third kappa shape index (κ3) is 1.48. The van der Waals surface area contributed by atoms with E-state index in [1.54, 1.807) is 0 Å². The van der Waals surface area contributed by atoms with Gasteiger partial charge in [0.05, 0.1) is 5.52 Å². The molecule has 0 unspecified atom stereocenters. The first kappa shape index (κ1) is 9.39. The van der Waals surface area contributed by atoms with Crippen molar-refractivity contribution in [1.82, 2.24) is 4.98 Å². The number of pyridine rings is 1. The lowest BCUT2D eigenvalue weighted by Gasteiger charge is -2.00. The molecule has 2 rings (SSSR count). The molecule has 0 amide bonds. The van der Waals surface area contributed by atoms with Gasteiger partial charge in [0.2, 0.25) is 0 Å². The van der Waals surface area contributed by atoms with Gasteiger partial charge in [0, 0.05) is 5.39 Å². The maximum atomic E-state index is 13.2. The largest absolute Gasteiger partial charge is 0.477 e. The van der Waals surface area contributed by atoms with Crippen molar-refractivity contribution < 1.29 is 14.3 Å². The zero-order chi connectivity index (χ0) is 11.0. The second kappa shape index (κ2) is 3.20. The van der Waals surface area contributed by atoms with E-state index < -0.39 is 22.9 Å². The van der Waals surface area contributed by atoms with Crippen LogP contribution in [0.5, 0.6) is 0 Å². The molecule has 76 valence electrons. The molecule has 0 radical (unpaired) electrons. The van der Waals surface area contributed by atoms with Gasteiger partial charge >= 0.3 is 5.97 Å². The maximum absolute atomic E-state index is 13.2. The molecule has 1 heterocycles. The molecule has 0 spiro atoms. The Bertz CT molecular complexity index is 603. The van der Waals surface area contributed by atoms with E-state index in [9.17, 15) is 14.0 Å². The molecule has 0 atom stereocenters. The van der Waals surface area contributed by atoms with Gasteiger partial charge in [0.25, 0.3) is 5.56 Å². The average molecular weight is 207 g/mol. The van der Waals surface area contributed by atoms with Crippen molar-refractivity contribution in [1.29, 1.82) is 0 Å². The summed E-state index contributed by atoms with van der Waals surface area (Å²) in [6.07, 6.45) is 0. The molecule has 2 aromatic rings. The summed E-state index contributed by atoms with van der Waals surface area (Å²) in [5.74, 6) is -1.91. The van der Waals surface area contributed by atoms with Gasteiger partial charge in [0.1, 0.15) is 11.4 Å². The van der Waals surface area contributed by atoms with Crippen molar-refractivity contribution in [3.8, 4) is 0 Å². The van der Waals surface area contributed by atoms with E-state index in [0.717, 1.165) is 6.07 Å². The first-order chi connectivity index (χ1) is 7.09. The average Bonchev–Trinajstić information content (AvgIpc) is 2.18. The number of aromatic nitrogens is 1. The number of fused-ring (bicyclic) bond motifs is 1. The fourth-order valence-corrected chi connectivity index (χ4v) is 1.35. The zero-order valence-corrected chi connectivity index (χ0v) is 7.45. The van der Waals surface area contributed by atoms with E-state index in [-0.39, 0.29) is 5.52 Å². The molecule has 0 saturated carbocycles. The molecule has 0 aliphatic heterocycles. The Morgan fingerprint density at radius 1 is 1.40 bits per heavy atom. The van der Waals surface area contributed by atoms with Crippen molar-refractivity contribution in [2.45, 2.75) is 0 Å². The molecule has 1 aromatic heterocycles. The van der Waals surface area contributed by atoms with Gasteiger partial charge in [-0.3, -0.25) is 4.79 Å². The number of aromatic carboxylic acids is 1. The van der Waals surface area contributed by atoms with Gasteiger partial charge in [-0.15, -0.1) is 0 Å². The van der Waals surface area contributed by atoms with Gasteiger partial charge in [0.15, 0.2) is 0 Å². The van der Waals surface area contributed by atoms with E-state index >= 15 is 0 Å². The Morgan fingerprint density at radius 2 is 2.13 bits per heavy atom. The van der Waals surface area contributed by atoms with Crippen LogP contribution in [0, 0.1) is 5.82 Å². The van der Waals surface area contributed by atoms with Gasteiger partial charge < -0.3 is 10.1 Å². The summed E-state index contributed by atoms with van der Waals surface area (Å²) in [4.78, 5) is 24.1. The molecule has 0 fully saturated rings. The number of hydrogen-bond donors (Lipinski definition) is 2. The Labute approximate surface area is 83.0 Å². The van der Waals surface area contributed by atoms with Crippen LogP contribution in [0.2, 0.25) is 0 Å².